The molecule has 118 valence electrons. The van der Waals surface area contributed by atoms with Crippen molar-refractivity contribution in [2.45, 2.75) is 30.4 Å². The predicted octanol–water partition coefficient (Wildman–Crippen LogP) is 1.90. The number of hydrogen-bond acceptors (Lipinski definition) is 5. The van der Waals surface area contributed by atoms with E-state index in [0.717, 1.165) is 31.0 Å². The molecule has 1 aliphatic heterocycles. The second-order valence-corrected chi connectivity index (χ2v) is 8.24. The van der Waals surface area contributed by atoms with E-state index in [9.17, 15) is 8.42 Å². The lowest BCUT2D eigenvalue weighted by molar-refractivity contribution is 0.584. The third kappa shape index (κ3) is 3.84. The van der Waals surface area contributed by atoms with E-state index in [4.69, 9.17) is 5.73 Å². The second kappa shape index (κ2) is 6.89. The molecule has 0 radical (unpaired) electrons. The van der Waals surface area contributed by atoms with E-state index in [1.807, 2.05) is 11.8 Å². The Morgan fingerprint density at radius 2 is 2.19 bits per heavy atom. The van der Waals surface area contributed by atoms with Crippen LogP contribution in [-0.2, 0) is 10.0 Å². The van der Waals surface area contributed by atoms with Gasteiger partial charge >= 0.3 is 0 Å². The number of nitrogens with two attached hydrogens (primary N) is 1. The maximum Gasteiger partial charge on any atom is 0.240 e. The summed E-state index contributed by atoms with van der Waals surface area (Å²) < 4.78 is 26.8. The first-order valence-corrected chi connectivity index (χ1v) is 9.76. The molecule has 3 N–H and O–H groups in total. The van der Waals surface area contributed by atoms with Gasteiger partial charge in [-0.15, -0.1) is 0 Å². The SMILES string of the molecule is CCNS(=O)(=O)c1ccc(N)c(N2CCSC(CC)C2)c1. The lowest BCUT2D eigenvalue weighted by atomic mass is 10.2. The van der Waals surface area contributed by atoms with Crippen LogP contribution in [0.4, 0.5) is 11.4 Å². The third-order valence-electron chi connectivity index (χ3n) is 3.58. The van der Waals surface area contributed by atoms with Crippen molar-refractivity contribution in [1.82, 2.24) is 4.72 Å². The Hall–Kier alpha value is -0.920. The van der Waals surface area contributed by atoms with Gasteiger partial charge in [0.25, 0.3) is 0 Å². The zero-order valence-electron chi connectivity index (χ0n) is 12.5. The van der Waals surface area contributed by atoms with Crippen molar-refractivity contribution in [2.75, 3.05) is 36.0 Å². The molecule has 2 rings (SSSR count). The van der Waals surface area contributed by atoms with Gasteiger partial charge in [-0.05, 0) is 24.6 Å². The molecule has 1 saturated heterocycles. The summed E-state index contributed by atoms with van der Waals surface area (Å²) in [5.74, 6) is 1.04. The van der Waals surface area contributed by atoms with E-state index in [0.29, 0.717) is 17.5 Å². The van der Waals surface area contributed by atoms with Crippen LogP contribution in [0, 0.1) is 0 Å². The normalized spacial score (nSPS) is 19.7. The van der Waals surface area contributed by atoms with Crippen LogP contribution >= 0.6 is 11.8 Å². The highest BCUT2D eigenvalue weighted by molar-refractivity contribution is 8.00. The van der Waals surface area contributed by atoms with Gasteiger partial charge in [-0.25, -0.2) is 13.1 Å². The number of rotatable bonds is 5. The molecule has 1 aromatic rings. The Kier molecular flexibility index (Phi) is 5.40. The summed E-state index contributed by atoms with van der Waals surface area (Å²) in [4.78, 5) is 2.48. The van der Waals surface area contributed by atoms with E-state index < -0.39 is 10.0 Å². The summed E-state index contributed by atoms with van der Waals surface area (Å²) in [5.41, 5.74) is 7.52. The topological polar surface area (TPSA) is 75.4 Å². The van der Waals surface area contributed by atoms with Crippen molar-refractivity contribution in [1.29, 1.82) is 0 Å². The monoisotopic (exact) mass is 329 g/mol. The molecule has 0 aromatic heterocycles. The Morgan fingerprint density at radius 1 is 1.43 bits per heavy atom. The number of nitrogens with zero attached hydrogens (tertiary/aromatic N) is 1. The molecular formula is C14H23N3O2S2. The highest BCUT2D eigenvalue weighted by Gasteiger charge is 2.22. The van der Waals surface area contributed by atoms with E-state index in [1.54, 1.807) is 25.1 Å². The first kappa shape index (κ1) is 16.5. The molecule has 1 aliphatic rings. The second-order valence-electron chi connectivity index (χ2n) is 5.07. The molecule has 5 nitrogen and oxygen atoms in total. The average molecular weight is 329 g/mol. The van der Waals surface area contributed by atoms with Crippen molar-refractivity contribution in [3.8, 4) is 0 Å². The third-order valence-corrected chi connectivity index (χ3v) is 6.50. The molecule has 21 heavy (non-hydrogen) atoms. The van der Waals surface area contributed by atoms with Gasteiger partial charge < -0.3 is 10.6 Å². The van der Waals surface area contributed by atoms with Gasteiger partial charge in [-0.3, -0.25) is 0 Å². The van der Waals surface area contributed by atoms with Gasteiger partial charge in [0.05, 0.1) is 16.3 Å². The van der Waals surface area contributed by atoms with Crippen LogP contribution in [0.1, 0.15) is 20.3 Å². The fourth-order valence-electron chi connectivity index (χ4n) is 2.42. The zero-order chi connectivity index (χ0) is 15.5. The van der Waals surface area contributed by atoms with Gasteiger partial charge in [0.15, 0.2) is 0 Å². The molecule has 1 aromatic carbocycles. The highest BCUT2D eigenvalue weighted by Crippen LogP contribution is 2.31. The van der Waals surface area contributed by atoms with Crippen molar-refractivity contribution >= 4 is 33.2 Å². The van der Waals surface area contributed by atoms with Gasteiger partial charge in [0, 0.05) is 30.6 Å². The van der Waals surface area contributed by atoms with E-state index in [2.05, 4.69) is 16.5 Å². The van der Waals surface area contributed by atoms with Gasteiger partial charge in [0.2, 0.25) is 10.0 Å². The predicted molar refractivity (Wildman–Crippen MR) is 90.5 cm³/mol. The van der Waals surface area contributed by atoms with Crippen molar-refractivity contribution in [3.63, 3.8) is 0 Å². The summed E-state index contributed by atoms with van der Waals surface area (Å²) in [5, 5.41) is 0.576. The maximum atomic E-state index is 12.1. The minimum atomic E-state index is -3.44. The van der Waals surface area contributed by atoms with Crippen LogP contribution in [0.25, 0.3) is 0 Å². The van der Waals surface area contributed by atoms with Crippen LogP contribution in [-0.4, -0.2) is 39.1 Å². The number of anilines is 2. The average Bonchev–Trinajstić information content (AvgIpc) is 2.47. The summed E-state index contributed by atoms with van der Waals surface area (Å²) in [6, 6.07) is 4.94. The molecule has 1 unspecified atom stereocenters. The molecule has 7 heteroatoms. The molecular weight excluding hydrogens is 306 g/mol. The van der Waals surface area contributed by atoms with E-state index in [-0.39, 0.29) is 4.90 Å². The quantitative estimate of drug-likeness (QED) is 0.807. The molecule has 0 saturated carbocycles. The molecule has 0 amide bonds. The number of nitrogen functional groups attached to an aromatic ring is 1. The summed E-state index contributed by atoms with van der Waals surface area (Å²) in [6.07, 6.45) is 1.11. The largest absolute Gasteiger partial charge is 0.397 e. The summed E-state index contributed by atoms with van der Waals surface area (Å²) in [6.45, 7) is 6.13. The maximum absolute atomic E-state index is 12.1. The number of hydrogen-bond donors (Lipinski definition) is 2. The standard InChI is InChI=1S/C14H23N3O2S2/c1-3-11-10-17(7-8-20-11)14-9-12(5-6-13(14)15)21(18,19)16-4-2/h5-6,9,11,16H,3-4,7-8,10,15H2,1-2H3. The lowest BCUT2D eigenvalue weighted by Crippen LogP contribution is -2.38. The van der Waals surface area contributed by atoms with E-state index in [1.165, 1.54) is 0 Å². The lowest BCUT2D eigenvalue weighted by Gasteiger charge is -2.34. The molecule has 1 atom stereocenters. The molecule has 0 aliphatic carbocycles. The van der Waals surface area contributed by atoms with Crippen LogP contribution in [0.3, 0.4) is 0 Å². The van der Waals surface area contributed by atoms with Crippen molar-refractivity contribution in [2.24, 2.45) is 0 Å². The van der Waals surface area contributed by atoms with Crippen LogP contribution < -0.4 is 15.4 Å². The van der Waals surface area contributed by atoms with Crippen molar-refractivity contribution < 1.29 is 8.42 Å². The zero-order valence-corrected chi connectivity index (χ0v) is 14.1. The minimum absolute atomic E-state index is 0.278. The van der Waals surface area contributed by atoms with E-state index >= 15 is 0 Å². The van der Waals surface area contributed by atoms with Crippen molar-refractivity contribution in [3.05, 3.63) is 18.2 Å². The summed E-state index contributed by atoms with van der Waals surface area (Å²) in [7, 11) is -3.44. The fraction of sp³-hybridized carbons (Fsp3) is 0.571. The van der Waals surface area contributed by atoms with Crippen LogP contribution in [0.2, 0.25) is 0 Å². The Morgan fingerprint density at radius 3 is 2.86 bits per heavy atom. The Balaban J connectivity index is 2.31. The fourth-order valence-corrected chi connectivity index (χ4v) is 4.66. The molecule has 0 spiro atoms. The molecule has 0 bridgehead atoms. The van der Waals surface area contributed by atoms with Gasteiger partial charge in [0.1, 0.15) is 0 Å². The molecule has 1 fully saturated rings. The van der Waals surface area contributed by atoms with Crippen LogP contribution in [0.15, 0.2) is 23.1 Å². The smallest absolute Gasteiger partial charge is 0.240 e. The number of sulfonamides is 1. The van der Waals surface area contributed by atoms with Gasteiger partial charge in [-0.1, -0.05) is 13.8 Å². The minimum Gasteiger partial charge on any atom is -0.397 e. The number of benzene rings is 1. The van der Waals surface area contributed by atoms with Crippen LogP contribution in [0.5, 0.6) is 0 Å². The summed E-state index contributed by atoms with van der Waals surface area (Å²) >= 11 is 1.97. The highest BCUT2D eigenvalue weighted by atomic mass is 32.2. The first-order chi connectivity index (χ1) is 9.97. The number of nitrogens with one attached hydrogen (secondary N) is 1. The molecule has 1 heterocycles. The Labute approximate surface area is 131 Å². The Bertz CT molecular complexity index is 590. The van der Waals surface area contributed by atoms with Gasteiger partial charge in [-0.2, -0.15) is 11.8 Å². The first-order valence-electron chi connectivity index (χ1n) is 7.23. The number of thioether (sulfide) groups is 1.